The average Bonchev–Trinajstić information content (AvgIpc) is 3.16. The van der Waals surface area contributed by atoms with Gasteiger partial charge in [-0.2, -0.15) is 5.10 Å². The van der Waals surface area contributed by atoms with Crippen LogP contribution in [0, 0.1) is 0 Å². The van der Waals surface area contributed by atoms with E-state index in [9.17, 15) is 15.0 Å². The number of hydrogen-bond acceptors (Lipinski definition) is 6. The van der Waals surface area contributed by atoms with Crippen molar-refractivity contribution in [2.45, 2.75) is 25.2 Å². The molecule has 6 nitrogen and oxygen atoms in total. The summed E-state index contributed by atoms with van der Waals surface area (Å²) >= 11 is 0. The van der Waals surface area contributed by atoms with Crippen LogP contribution in [-0.4, -0.2) is 22.2 Å². The Labute approximate surface area is 148 Å². The summed E-state index contributed by atoms with van der Waals surface area (Å²) in [7, 11) is 0. The van der Waals surface area contributed by atoms with Crippen LogP contribution in [0.3, 0.4) is 0 Å². The van der Waals surface area contributed by atoms with E-state index in [1.807, 2.05) is 30.3 Å². The molecule has 1 unspecified atom stereocenters. The molecule has 128 valence electrons. The summed E-state index contributed by atoms with van der Waals surface area (Å²) in [4.78, 5) is 17.3. The number of phenols is 2. The lowest BCUT2D eigenvalue weighted by molar-refractivity contribution is -0.116. The first-order chi connectivity index (χ1) is 12.7. The fourth-order valence-electron chi connectivity index (χ4n) is 4.04. The maximum absolute atomic E-state index is 12.7. The number of carbonyl (C=O) groups excluding carboxylic acids is 1. The normalized spacial score (nSPS) is 20.2. The molecule has 2 heterocycles. The van der Waals surface area contributed by atoms with Crippen LogP contribution in [0.5, 0.6) is 11.5 Å². The highest BCUT2D eigenvalue weighted by Gasteiger charge is 2.37. The van der Waals surface area contributed by atoms with Gasteiger partial charge in [-0.3, -0.25) is 4.79 Å². The summed E-state index contributed by atoms with van der Waals surface area (Å²) in [5, 5.41) is 29.9. The Hall–Kier alpha value is -3.28. The van der Waals surface area contributed by atoms with E-state index in [4.69, 9.17) is 0 Å². The van der Waals surface area contributed by atoms with Crippen molar-refractivity contribution in [3.63, 3.8) is 0 Å². The molecule has 5 rings (SSSR count). The van der Waals surface area contributed by atoms with E-state index in [0.29, 0.717) is 40.6 Å². The molecule has 3 aliphatic rings. The van der Waals surface area contributed by atoms with Gasteiger partial charge in [0.2, 0.25) is 0 Å². The highest BCUT2D eigenvalue weighted by Crippen LogP contribution is 2.42. The zero-order chi connectivity index (χ0) is 17.8. The van der Waals surface area contributed by atoms with Gasteiger partial charge in [0.15, 0.2) is 11.5 Å². The number of rotatable bonds is 1. The fourth-order valence-corrected chi connectivity index (χ4v) is 4.04. The van der Waals surface area contributed by atoms with E-state index in [1.165, 1.54) is 6.21 Å². The van der Waals surface area contributed by atoms with E-state index < -0.39 is 5.92 Å². The summed E-state index contributed by atoms with van der Waals surface area (Å²) in [5.74, 6) is -0.559. The van der Waals surface area contributed by atoms with E-state index in [-0.39, 0.29) is 22.6 Å². The first-order valence-corrected chi connectivity index (χ1v) is 8.55. The van der Waals surface area contributed by atoms with Crippen LogP contribution in [0.25, 0.3) is 0 Å². The van der Waals surface area contributed by atoms with Crippen molar-refractivity contribution in [1.29, 1.82) is 0 Å². The summed E-state index contributed by atoms with van der Waals surface area (Å²) in [6.07, 6.45) is 3.30. The van der Waals surface area contributed by atoms with Crippen LogP contribution >= 0.6 is 0 Å². The molecule has 0 amide bonds. The molecular formula is C20H15N3O3. The van der Waals surface area contributed by atoms with Crippen molar-refractivity contribution in [2.75, 3.05) is 0 Å². The van der Waals surface area contributed by atoms with Crippen LogP contribution in [0.15, 0.2) is 56.8 Å². The largest absolute Gasteiger partial charge is 0.505 e. The van der Waals surface area contributed by atoms with Crippen LogP contribution in [0.2, 0.25) is 0 Å². The Morgan fingerprint density at radius 2 is 1.81 bits per heavy atom. The van der Waals surface area contributed by atoms with Crippen molar-refractivity contribution in [3.8, 4) is 11.5 Å². The summed E-state index contributed by atoms with van der Waals surface area (Å²) < 4.78 is 0. The number of allylic oxidation sites excluding steroid dienone is 2. The molecule has 0 saturated heterocycles. The quantitative estimate of drug-likeness (QED) is 0.772. The first kappa shape index (κ1) is 15.0. The Kier molecular flexibility index (Phi) is 3.09. The lowest BCUT2D eigenvalue weighted by Gasteiger charge is -2.29. The van der Waals surface area contributed by atoms with Crippen LogP contribution in [0.4, 0.5) is 0 Å². The van der Waals surface area contributed by atoms with Crippen molar-refractivity contribution < 1.29 is 15.0 Å². The molecule has 0 saturated carbocycles. The maximum atomic E-state index is 12.7. The van der Waals surface area contributed by atoms with Crippen LogP contribution in [-0.2, 0) is 4.79 Å². The Balaban J connectivity index is 1.92. The SMILES string of the molecule is O=C1CCCC2=C1C(c1ccccc1)c1c(O)c3c(c(O)c1=N2)C=NN=3. The Morgan fingerprint density at radius 1 is 1.00 bits per heavy atom. The molecule has 26 heavy (non-hydrogen) atoms. The number of Topliss-reactive ketones (excluding diaryl/α,β-unsaturated/α-hetero) is 1. The van der Waals surface area contributed by atoms with Gasteiger partial charge < -0.3 is 10.2 Å². The zero-order valence-corrected chi connectivity index (χ0v) is 13.8. The molecule has 0 radical (unpaired) electrons. The van der Waals surface area contributed by atoms with E-state index in [0.717, 1.165) is 12.0 Å². The molecule has 1 aliphatic carbocycles. The van der Waals surface area contributed by atoms with Gasteiger partial charge in [0.25, 0.3) is 0 Å². The third kappa shape index (κ3) is 1.92. The molecule has 1 atom stereocenters. The van der Waals surface area contributed by atoms with Gasteiger partial charge in [0, 0.05) is 29.2 Å². The molecular weight excluding hydrogens is 330 g/mol. The molecule has 2 N–H and O–H groups in total. The van der Waals surface area contributed by atoms with Gasteiger partial charge in [-0.1, -0.05) is 30.3 Å². The zero-order valence-electron chi connectivity index (χ0n) is 13.8. The molecule has 0 bridgehead atoms. The standard InChI is InChI=1S/C20H15N3O3/c24-13-8-4-7-12-15(13)14(10-5-2-1-3-6-10)16-18(22-12)19(25)11-9-21-23-17(11)20(16)26/h1-3,5-6,9,14,25-26H,4,7-8H2. The number of hydrogen-bond donors (Lipinski definition) is 2. The van der Waals surface area contributed by atoms with Gasteiger partial charge in [-0.15, -0.1) is 5.10 Å². The number of fused-ring (bicyclic) bond motifs is 2. The monoisotopic (exact) mass is 345 g/mol. The third-order valence-electron chi connectivity index (χ3n) is 5.20. The van der Waals surface area contributed by atoms with Gasteiger partial charge in [0.05, 0.1) is 11.8 Å². The molecule has 0 fully saturated rings. The minimum absolute atomic E-state index is 0.0436. The van der Waals surface area contributed by atoms with Gasteiger partial charge in [-0.05, 0) is 18.4 Å². The average molecular weight is 345 g/mol. The maximum Gasteiger partial charge on any atom is 0.161 e. The smallest absolute Gasteiger partial charge is 0.161 e. The van der Waals surface area contributed by atoms with Gasteiger partial charge >= 0.3 is 0 Å². The Bertz CT molecular complexity index is 1150. The molecule has 2 aromatic carbocycles. The molecule has 0 aromatic heterocycles. The summed E-state index contributed by atoms with van der Waals surface area (Å²) in [6.45, 7) is 0. The second-order valence-electron chi connectivity index (χ2n) is 6.66. The third-order valence-corrected chi connectivity index (χ3v) is 5.20. The van der Waals surface area contributed by atoms with E-state index >= 15 is 0 Å². The predicted octanol–water partition coefficient (Wildman–Crippen LogP) is 1.84. The molecule has 6 heteroatoms. The minimum Gasteiger partial charge on any atom is -0.505 e. The fraction of sp³-hybridized carbons (Fsp3) is 0.200. The molecule has 2 aliphatic heterocycles. The topological polar surface area (TPSA) is 94.6 Å². The Morgan fingerprint density at radius 3 is 2.62 bits per heavy atom. The van der Waals surface area contributed by atoms with Crippen molar-refractivity contribution in [1.82, 2.24) is 0 Å². The number of nitrogens with zero attached hydrogens (tertiary/aromatic N) is 3. The molecule has 2 aromatic rings. The van der Waals surface area contributed by atoms with E-state index in [1.54, 1.807) is 0 Å². The number of phenolic OH excluding ortho intramolecular Hbond substituents is 2. The van der Waals surface area contributed by atoms with Gasteiger partial charge in [-0.25, -0.2) is 4.99 Å². The van der Waals surface area contributed by atoms with Crippen LogP contribution < -0.4 is 10.7 Å². The summed E-state index contributed by atoms with van der Waals surface area (Å²) in [6, 6.07) is 9.53. The molecule has 0 spiro atoms. The minimum atomic E-state index is -0.474. The number of benzene rings is 2. The van der Waals surface area contributed by atoms with Gasteiger partial charge in [0.1, 0.15) is 16.5 Å². The lowest BCUT2D eigenvalue weighted by Crippen LogP contribution is -2.31. The van der Waals surface area contributed by atoms with Crippen LogP contribution in [0.1, 0.15) is 41.9 Å². The lowest BCUT2D eigenvalue weighted by atomic mass is 9.76. The highest BCUT2D eigenvalue weighted by atomic mass is 16.3. The first-order valence-electron chi connectivity index (χ1n) is 8.55. The number of ketones is 1. The van der Waals surface area contributed by atoms with Crippen molar-refractivity contribution in [2.24, 2.45) is 15.2 Å². The second-order valence-corrected chi connectivity index (χ2v) is 6.66. The number of aromatic hydroxyl groups is 2. The summed E-state index contributed by atoms with van der Waals surface area (Å²) in [5.41, 5.74) is 2.98. The second kappa shape index (κ2) is 5.36. The highest BCUT2D eigenvalue weighted by molar-refractivity contribution is 5.99. The predicted molar refractivity (Wildman–Crippen MR) is 93.8 cm³/mol. The van der Waals surface area contributed by atoms with Crippen molar-refractivity contribution >= 4 is 12.0 Å². The van der Waals surface area contributed by atoms with E-state index in [2.05, 4.69) is 15.2 Å². The number of carbonyl (C=O) groups is 1. The van der Waals surface area contributed by atoms with Crippen molar-refractivity contribution in [3.05, 3.63) is 69.0 Å².